The highest BCUT2D eigenvalue weighted by atomic mass is 32.7. The highest BCUT2D eigenvalue weighted by molar-refractivity contribution is 8.55. The van der Waals surface area contributed by atoms with Gasteiger partial charge in [-0.1, -0.05) is 0 Å². The molecule has 1 aromatic carbocycles. The maximum absolute atomic E-state index is 12.5. The van der Waals surface area contributed by atoms with Crippen LogP contribution in [0.25, 0.3) is 0 Å². The van der Waals surface area contributed by atoms with E-state index in [1.165, 1.54) is 0 Å². The molecule has 7 heteroatoms. The van der Waals surface area contributed by atoms with Crippen molar-refractivity contribution < 1.29 is 18.3 Å². The molecule has 1 heterocycles. The number of hydrogen-bond donors (Lipinski definition) is 0. The molecular formula is C14H22NO4PS. The summed E-state index contributed by atoms with van der Waals surface area (Å²) >= 11 is 1.16. The third kappa shape index (κ3) is 5.01. The standard InChI is InChI=1S/C14H22NO4PS/c1-3-18-20(16,19-4-2)21-14-7-5-13(6-8-14)15-9-11-17-12-10-15/h5-8H,3-4,9-12H2,1-2H3. The first-order valence-electron chi connectivity index (χ1n) is 7.18. The molecule has 1 aliphatic heterocycles. The van der Waals surface area contributed by atoms with E-state index in [0.29, 0.717) is 13.2 Å². The Labute approximate surface area is 130 Å². The molecule has 0 unspecified atom stereocenters. The van der Waals surface area contributed by atoms with Crippen molar-refractivity contribution in [2.24, 2.45) is 0 Å². The quantitative estimate of drug-likeness (QED) is 0.708. The predicted octanol–water partition coefficient (Wildman–Crippen LogP) is 3.80. The molecule has 0 bridgehead atoms. The summed E-state index contributed by atoms with van der Waals surface area (Å²) < 4.78 is 28.4. The Morgan fingerprint density at radius 3 is 2.24 bits per heavy atom. The summed E-state index contributed by atoms with van der Waals surface area (Å²) in [5.74, 6) is 0. The molecule has 5 nitrogen and oxygen atoms in total. The number of benzene rings is 1. The fourth-order valence-electron chi connectivity index (χ4n) is 2.07. The maximum atomic E-state index is 12.5. The molecule has 118 valence electrons. The molecule has 0 spiro atoms. The van der Waals surface area contributed by atoms with Gasteiger partial charge in [0.25, 0.3) is 0 Å². The average molecular weight is 331 g/mol. The minimum absolute atomic E-state index is 0.371. The van der Waals surface area contributed by atoms with Crippen LogP contribution < -0.4 is 4.90 Å². The molecular weight excluding hydrogens is 309 g/mol. The zero-order chi connectivity index (χ0) is 15.1. The van der Waals surface area contributed by atoms with E-state index in [0.717, 1.165) is 48.3 Å². The van der Waals surface area contributed by atoms with Gasteiger partial charge in [-0.2, -0.15) is 0 Å². The van der Waals surface area contributed by atoms with Crippen LogP contribution in [0.1, 0.15) is 13.8 Å². The normalized spacial score (nSPS) is 16.2. The summed E-state index contributed by atoms with van der Waals surface area (Å²) in [5, 5.41) is 0. The lowest BCUT2D eigenvalue weighted by atomic mass is 10.2. The molecule has 1 aromatic rings. The minimum Gasteiger partial charge on any atom is -0.378 e. The van der Waals surface area contributed by atoms with E-state index >= 15 is 0 Å². The monoisotopic (exact) mass is 331 g/mol. The number of morpholine rings is 1. The van der Waals surface area contributed by atoms with Gasteiger partial charge in [0.1, 0.15) is 0 Å². The second kappa shape index (κ2) is 8.20. The van der Waals surface area contributed by atoms with Crippen LogP contribution >= 0.6 is 18.2 Å². The Balaban J connectivity index is 2.02. The van der Waals surface area contributed by atoms with Gasteiger partial charge in [0.15, 0.2) is 0 Å². The van der Waals surface area contributed by atoms with Gasteiger partial charge in [-0.25, -0.2) is 4.57 Å². The Morgan fingerprint density at radius 1 is 1.14 bits per heavy atom. The van der Waals surface area contributed by atoms with Crippen molar-refractivity contribution in [3.8, 4) is 0 Å². The fourth-order valence-corrected chi connectivity index (χ4v) is 5.49. The topological polar surface area (TPSA) is 48.0 Å². The van der Waals surface area contributed by atoms with Crippen molar-refractivity contribution in [3.05, 3.63) is 24.3 Å². The molecule has 1 saturated heterocycles. The van der Waals surface area contributed by atoms with Crippen LogP contribution in [0.15, 0.2) is 29.2 Å². The lowest BCUT2D eigenvalue weighted by Gasteiger charge is -2.29. The Kier molecular flexibility index (Phi) is 6.58. The SMILES string of the molecule is CCOP(=O)(OCC)Sc1ccc(N2CCOCC2)cc1. The van der Waals surface area contributed by atoms with E-state index < -0.39 is 6.80 Å². The summed E-state index contributed by atoms with van der Waals surface area (Å²) in [6.07, 6.45) is 0. The fraction of sp³-hybridized carbons (Fsp3) is 0.571. The van der Waals surface area contributed by atoms with Crippen molar-refractivity contribution in [3.63, 3.8) is 0 Å². The molecule has 2 rings (SSSR count). The van der Waals surface area contributed by atoms with Crippen molar-refractivity contribution in [2.45, 2.75) is 18.7 Å². The molecule has 0 amide bonds. The van der Waals surface area contributed by atoms with E-state index in [1.54, 1.807) is 0 Å². The van der Waals surface area contributed by atoms with Gasteiger partial charge in [-0.3, -0.25) is 0 Å². The maximum Gasteiger partial charge on any atom is 0.393 e. The van der Waals surface area contributed by atoms with Crippen LogP contribution in [0.3, 0.4) is 0 Å². The summed E-state index contributed by atoms with van der Waals surface area (Å²) in [7, 11) is 0. The number of rotatable bonds is 7. The summed E-state index contributed by atoms with van der Waals surface area (Å²) in [6.45, 7) is 4.60. The van der Waals surface area contributed by atoms with Gasteiger partial charge < -0.3 is 18.7 Å². The molecule has 1 fully saturated rings. The second-order valence-corrected chi connectivity index (χ2v) is 8.42. The summed E-state index contributed by atoms with van der Waals surface area (Å²) in [4.78, 5) is 3.17. The highest BCUT2D eigenvalue weighted by Crippen LogP contribution is 2.63. The van der Waals surface area contributed by atoms with Crippen molar-refractivity contribution >= 4 is 23.9 Å². The van der Waals surface area contributed by atoms with Crippen molar-refractivity contribution in [2.75, 3.05) is 44.4 Å². The number of nitrogens with zero attached hydrogens (tertiary/aromatic N) is 1. The predicted molar refractivity (Wildman–Crippen MR) is 86.2 cm³/mol. The minimum atomic E-state index is -3.11. The smallest absolute Gasteiger partial charge is 0.378 e. The third-order valence-corrected chi connectivity index (χ3v) is 6.80. The lowest BCUT2D eigenvalue weighted by Crippen LogP contribution is -2.36. The second-order valence-electron chi connectivity index (χ2n) is 4.47. The van der Waals surface area contributed by atoms with E-state index in [9.17, 15) is 4.57 Å². The zero-order valence-electron chi connectivity index (χ0n) is 12.5. The van der Waals surface area contributed by atoms with E-state index in [4.69, 9.17) is 13.8 Å². The first-order chi connectivity index (χ1) is 10.2. The highest BCUT2D eigenvalue weighted by Gasteiger charge is 2.25. The molecule has 0 aliphatic carbocycles. The van der Waals surface area contributed by atoms with Crippen molar-refractivity contribution in [1.29, 1.82) is 0 Å². The first kappa shape index (κ1) is 16.8. The van der Waals surface area contributed by atoms with Gasteiger partial charge in [0.2, 0.25) is 0 Å². The first-order valence-corrected chi connectivity index (χ1v) is 10.1. The zero-order valence-corrected chi connectivity index (χ0v) is 14.2. The Bertz CT molecular complexity index is 466. The third-order valence-electron chi connectivity index (χ3n) is 3.00. The van der Waals surface area contributed by atoms with Crippen molar-refractivity contribution in [1.82, 2.24) is 0 Å². The molecule has 0 saturated carbocycles. The van der Waals surface area contributed by atoms with E-state index in [2.05, 4.69) is 4.90 Å². The van der Waals surface area contributed by atoms with Crippen LogP contribution in [0.2, 0.25) is 0 Å². The van der Waals surface area contributed by atoms with Crippen LogP contribution in [0.5, 0.6) is 0 Å². The summed E-state index contributed by atoms with van der Waals surface area (Å²) in [6, 6.07) is 7.99. The largest absolute Gasteiger partial charge is 0.393 e. The van der Waals surface area contributed by atoms with Gasteiger partial charge in [-0.05, 0) is 49.5 Å². The average Bonchev–Trinajstić information content (AvgIpc) is 2.49. The van der Waals surface area contributed by atoms with Gasteiger partial charge in [-0.15, -0.1) is 0 Å². The number of hydrogen-bond acceptors (Lipinski definition) is 6. The molecule has 0 N–H and O–H groups in total. The Hall–Kier alpha value is -0.520. The Morgan fingerprint density at radius 2 is 1.71 bits per heavy atom. The molecule has 0 atom stereocenters. The van der Waals surface area contributed by atoms with Crippen LogP contribution in [0.4, 0.5) is 5.69 Å². The molecule has 1 aliphatic rings. The van der Waals surface area contributed by atoms with Gasteiger partial charge in [0.05, 0.1) is 26.4 Å². The number of ether oxygens (including phenoxy) is 1. The van der Waals surface area contributed by atoms with Crippen LogP contribution in [-0.2, 0) is 18.3 Å². The van der Waals surface area contributed by atoms with Gasteiger partial charge >= 0.3 is 6.80 Å². The summed E-state index contributed by atoms with van der Waals surface area (Å²) in [5.41, 5.74) is 1.16. The van der Waals surface area contributed by atoms with Gasteiger partial charge in [0, 0.05) is 23.7 Å². The number of anilines is 1. The van der Waals surface area contributed by atoms with Crippen LogP contribution in [-0.4, -0.2) is 39.5 Å². The molecule has 0 aromatic heterocycles. The van der Waals surface area contributed by atoms with Crippen LogP contribution in [0, 0.1) is 0 Å². The lowest BCUT2D eigenvalue weighted by molar-refractivity contribution is 0.122. The van der Waals surface area contributed by atoms with E-state index in [-0.39, 0.29) is 0 Å². The van der Waals surface area contributed by atoms with E-state index in [1.807, 2.05) is 38.1 Å². The molecule has 0 radical (unpaired) electrons. The molecule has 21 heavy (non-hydrogen) atoms.